The van der Waals surface area contributed by atoms with Gasteiger partial charge in [0, 0.05) is 13.1 Å². The van der Waals surface area contributed by atoms with Crippen molar-refractivity contribution in [1.82, 2.24) is 15.0 Å². The van der Waals surface area contributed by atoms with E-state index in [9.17, 15) is 0 Å². The molecule has 0 amide bonds. The van der Waals surface area contributed by atoms with Gasteiger partial charge in [-0.1, -0.05) is 78.1 Å². The summed E-state index contributed by atoms with van der Waals surface area (Å²) < 4.78 is 0. The Bertz CT molecular complexity index is 421. The molecule has 0 atom stereocenters. The number of hydrogen-bond donors (Lipinski definition) is 2. The molecular weight excluding hydrogens is 348 g/mol. The van der Waals surface area contributed by atoms with Gasteiger partial charge in [-0.05, 0) is 12.8 Å². The molecule has 0 bridgehead atoms. The van der Waals surface area contributed by atoms with E-state index in [2.05, 4.69) is 59.0 Å². The maximum atomic E-state index is 4.41. The van der Waals surface area contributed by atoms with Gasteiger partial charge in [-0.3, -0.25) is 0 Å². The van der Waals surface area contributed by atoms with Crippen LogP contribution in [0.5, 0.6) is 0 Å². The molecule has 0 aliphatic rings. The molecule has 6 heteroatoms. The molecule has 0 unspecified atom stereocenters. The lowest BCUT2D eigenvalue weighted by Gasteiger charge is -2.23. The van der Waals surface area contributed by atoms with Gasteiger partial charge in [-0.2, -0.15) is 15.0 Å². The highest BCUT2D eigenvalue weighted by Gasteiger charge is 2.11. The third kappa shape index (κ3) is 11.0. The van der Waals surface area contributed by atoms with E-state index in [0.29, 0.717) is 10.3 Å². The van der Waals surface area contributed by atoms with E-state index in [1.807, 2.05) is 0 Å². The van der Waals surface area contributed by atoms with Crippen LogP contribution in [0.2, 0.25) is 0 Å². The number of unbranched alkanes of at least 4 members (excludes halogenated alkanes) is 10. The molecule has 25 heavy (non-hydrogen) atoms. The zero-order valence-corrected chi connectivity index (χ0v) is 17.9. The normalized spacial score (nSPS) is 11.0. The maximum Gasteiger partial charge on any atom is 0.230 e. The highest BCUT2D eigenvalue weighted by atomic mass is 32.1. The summed E-state index contributed by atoms with van der Waals surface area (Å²) in [6.45, 7) is 6.53. The first kappa shape index (κ1) is 22.6. The van der Waals surface area contributed by atoms with Gasteiger partial charge >= 0.3 is 0 Å². The maximum absolute atomic E-state index is 4.41. The number of hydrogen-bond acceptors (Lipinski definition) is 6. The molecule has 1 aromatic rings. The summed E-state index contributed by atoms with van der Waals surface area (Å²) in [4.78, 5) is 15.2. The Hall–Kier alpha value is -0.490. The van der Waals surface area contributed by atoms with Gasteiger partial charge in [0.25, 0.3) is 0 Å². The highest BCUT2D eigenvalue weighted by Crippen LogP contribution is 2.16. The molecular formula is C19H36N4S2. The minimum atomic E-state index is 0.450. The van der Waals surface area contributed by atoms with E-state index in [0.717, 1.165) is 19.0 Å². The summed E-state index contributed by atoms with van der Waals surface area (Å²) in [6, 6.07) is 0. The predicted octanol–water partition coefficient (Wildman–Crippen LogP) is 5.98. The van der Waals surface area contributed by atoms with Gasteiger partial charge in [-0.25, -0.2) is 0 Å². The largest absolute Gasteiger partial charge is 0.341 e. The van der Waals surface area contributed by atoms with E-state index in [1.165, 1.54) is 77.0 Å². The van der Waals surface area contributed by atoms with E-state index in [-0.39, 0.29) is 0 Å². The first-order valence-electron chi connectivity index (χ1n) is 10.1. The first-order chi connectivity index (χ1) is 12.2. The van der Waals surface area contributed by atoms with Crippen LogP contribution in [0.15, 0.2) is 10.3 Å². The number of anilines is 1. The predicted molar refractivity (Wildman–Crippen MR) is 113 cm³/mol. The molecule has 0 saturated carbocycles. The molecule has 1 rings (SSSR count). The van der Waals surface area contributed by atoms with Crippen LogP contribution in [-0.2, 0) is 0 Å². The molecule has 1 aromatic heterocycles. The lowest BCUT2D eigenvalue weighted by Crippen LogP contribution is -2.28. The summed E-state index contributed by atoms with van der Waals surface area (Å²) in [7, 11) is 0. The molecule has 144 valence electrons. The van der Waals surface area contributed by atoms with Crippen molar-refractivity contribution in [3.05, 3.63) is 0 Å². The van der Waals surface area contributed by atoms with Crippen LogP contribution < -0.4 is 4.90 Å². The topological polar surface area (TPSA) is 41.9 Å². The summed E-state index contributed by atoms with van der Waals surface area (Å²) in [5.74, 6) is 0.729. The lowest BCUT2D eigenvalue weighted by atomic mass is 10.1. The van der Waals surface area contributed by atoms with Crippen LogP contribution in [0, 0.1) is 0 Å². The van der Waals surface area contributed by atoms with Crippen molar-refractivity contribution >= 4 is 31.2 Å². The van der Waals surface area contributed by atoms with Crippen molar-refractivity contribution < 1.29 is 0 Å². The molecule has 1 heterocycles. The van der Waals surface area contributed by atoms with Crippen LogP contribution in [0.3, 0.4) is 0 Å². The summed E-state index contributed by atoms with van der Waals surface area (Å²) in [5.41, 5.74) is 0. The average molecular weight is 385 g/mol. The van der Waals surface area contributed by atoms with Gasteiger partial charge in [0.1, 0.15) is 0 Å². The fourth-order valence-electron chi connectivity index (χ4n) is 2.96. The third-order valence-electron chi connectivity index (χ3n) is 4.45. The molecule has 0 aliphatic heterocycles. The van der Waals surface area contributed by atoms with Crippen molar-refractivity contribution in [2.45, 2.75) is 101 Å². The highest BCUT2D eigenvalue weighted by molar-refractivity contribution is 7.80. The summed E-state index contributed by atoms with van der Waals surface area (Å²) in [5, 5.41) is 0.900. The molecule has 0 saturated heterocycles. The molecule has 0 N–H and O–H groups in total. The Morgan fingerprint density at radius 2 is 1.00 bits per heavy atom. The fourth-order valence-corrected chi connectivity index (χ4v) is 3.41. The summed E-state index contributed by atoms with van der Waals surface area (Å²) >= 11 is 8.55. The first-order valence-corrected chi connectivity index (χ1v) is 11.0. The van der Waals surface area contributed by atoms with E-state index >= 15 is 0 Å². The molecule has 0 radical (unpaired) electrons. The third-order valence-corrected chi connectivity index (χ3v) is 4.85. The van der Waals surface area contributed by atoms with Crippen molar-refractivity contribution in [2.24, 2.45) is 0 Å². The Morgan fingerprint density at radius 1 is 0.600 bits per heavy atom. The van der Waals surface area contributed by atoms with Gasteiger partial charge in [0.2, 0.25) is 5.95 Å². The number of thiol groups is 2. The number of aromatic nitrogens is 3. The number of rotatable bonds is 15. The lowest BCUT2D eigenvalue weighted by molar-refractivity contribution is 0.566. The Morgan fingerprint density at radius 3 is 1.44 bits per heavy atom. The smallest absolute Gasteiger partial charge is 0.230 e. The zero-order valence-electron chi connectivity index (χ0n) is 16.1. The zero-order chi connectivity index (χ0) is 18.3. The second kappa shape index (κ2) is 14.7. The molecule has 0 fully saturated rings. The SMILES string of the molecule is CCCCCCCCN(CCCCCCCC)c1nc(S)nc(S)n1. The molecule has 0 aliphatic carbocycles. The van der Waals surface area contributed by atoms with Crippen molar-refractivity contribution in [3.63, 3.8) is 0 Å². The van der Waals surface area contributed by atoms with Gasteiger partial charge in [0.15, 0.2) is 10.3 Å². The minimum absolute atomic E-state index is 0.450. The monoisotopic (exact) mass is 384 g/mol. The minimum Gasteiger partial charge on any atom is -0.341 e. The quantitative estimate of drug-likeness (QED) is 0.288. The second-order valence-corrected chi connectivity index (χ2v) is 7.56. The number of nitrogens with zero attached hydrogens (tertiary/aromatic N) is 4. The summed E-state index contributed by atoms with van der Waals surface area (Å²) in [6.07, 6.45) is 15.6. The van der Waals surface area contributed by atoms with Crippen molar-refractivity contribution in [2.75, 3.05) is 18.0 Å². The van der Waals surface area contributed by atoms with Crippen LogP contribution in [0.4, 0.5) is 5.95 Å². The van der Waals surface area contributed by atoms with Gasteiger partial charge in [0.05, 0.1) is 0 Å². The molecule has 0 aromatic carbocycles. The Labute approximate surface area is 165 Å². The van der Waals surface area contributed by atoms with Crippen molar-refractivity contribution in [3.8, 4) is 0 Å². The second-order valence-electron chi connectivity index (χ2n) is 6.76. The Balaban J connectivity index is 2.46. The Kier molecular flexibility index (Phi) is 13.2. The van der Waals surface area contributed by atoms with Crippen LogP contribution in [0.1, 0.15) is 90.9 Å². The van der Waals surface area contributed by atoms with Crippen LogP contribution in [-0.4, -0.2) is 28.0 Å². The van der Waals surface area contributed by atoms with Crippen LogP contribution in [0.25, 0.3) is 0 Å². The van der Waals surface area contributed by atoms with Crippen molar-refractivity contribution in [1.29, 1.82) is 0 Å². The molecule has 4 nitrogen and oxygen atoms in total. The molecule has 0 spiro atoms. The van der Waals surface area contributed by atoms with E-state index in [1.54, 1.807) is 0 Å². The van der Waals surface area contributed by atoms with Gasteiger partial charge in [-0.15, -0.1) is 25.3 Å². The fraction of sp³-hybridized carbons (Fsp3) is 0.842. The van der Waals surface area contributed by atoms with Crippen LogP contribution >= 0.6 is 25.3 Å². The van der Waals surface area contributed by atoms with E-state index in [4.69, 9.17) is 0 Å². The van der Waals surface area contributed by atoms with Gasteiger partial charge < -0.3 is 4.90 Å². The van der Waals surface area contributed by atoms with E-state index < -0.39 is 0 Å². The average Bonchev–Trinajstić information content (AvgIpc) is 2.58. The standard InChI is InChI=1S/C19H36N4S2/c1-3-5-7-9-11-13-15-23(16-14-12-10-8-6-4-2)17-20-18(24)22-19(25)21-17/h3-16H2,1-2H3,(H2,20,21,22,24,25).